The van der Waals surface area contributed by atoms with Crippen molar-refractivity contribution in [1.29, 1.82) is 0 Å². The SMILES string of the molecule is CC(C)(N)C(=O)N1CCN(C(=O)Nc2ccn(-c3ccc4c(c3)CC(N[C@H]3CC[C@H](N)C3)C4)c(=O)n2)CC1. The van der Waals surface area contributed by atoms with Gasteiger partial charge in [0.15, 0.2) is 0 Å². The van der Waals surface area contributed by atoms with Crippen LogP contribution in [0.15, 0.2) is 35.3 Å². The van der Waals surface area contributed by atoms with Crippen LogP contribution in [0.5, 0.6) is 0 Å². The molecule has 1 aromatic heterocycles. The molecule has 0 radical (unpaired) electrons. The molecule has 1 saturated heterocycles. The minimum Gasteiger partial charge on any atom is -0.338 e. The van der Waals surface area contributed by atoms with Gasteiger partial charge < -0.3 is 26.6 Å². The number of piperazine rings is 1. The van der Waals surface area contributed by atoms with Crippen LogP contribution in [-0.2, 0) is 17.6 Å². The van der Waals surface area contributed by atoms with Crippen LogP contribution in [0, 0.1) is 0 Å². The number of aromatic nitrogens is 2. The van der Waals surface area contributed by atoms with Gasteiger partial charge >= 0.3 is 11.7 Å². The molecule has 204 valence electrons. The van der Waals surface area contributed by atoms with Crippen molar-refractivity contribution in [2.45, 2.75) is 69.6 Å². The first kappa shape index (κ1) is 26.3. The Hall–Kier alpha value is -3.28. The first-order chi connectivity index (χ1) is 18.1. The Morgan fingerprint density at radius 2 is 1.71 bits per heavy atom. The lowest BCUT2D eigenvalue weighted by molar-refractivity contribution is -0.137. The van der Waals surface area contributed by atoms with E-state index in [1.165, 1.54) is 15.7 Å². The van der Waals surface area contributed by atoms with Crippen LogP contribution in [0.25, 0.3) is 5.69 Å². The topological polar surface area (TPSA) is 152 Å². The van der Waals surface area contributed by atoms with E-state index in [2.05, 4.69) is 27.8 Å². The highest BCUT2D eigenvalue weighted by molar-refractivity contribution is 5.89. The van der Waals surface area contributed by atoms with Crippen molar-refractivity contribution in [3.63, 3.8) is 0 Å². The smallest absolute Gasteiger partial charge is 0.338 e. The van der Waals surface area contributed by atoms with Crippen molar-refractivity contribution in [1.82, 2.24) is 24.7 Å². The van der Waals surface area contributed by atoms with Gasteiger partial charge in [-0.05, 0) is 75.3 Å². The van der Waals surface area contributed by atoms with Crippen LogP contribution < -0.4 is 27.8 Å². The number of amides is 3. The Balaban J connectivity index is 1.18. The normalized spacial score (nSPS) is 23.4. The summed E-state index contributed by atoms with van der Waals surface area (Å²) in [6.07, 6.45) is 6.78. The van der Waals surface area contributed by atoms with Crippen molar-refractivity contribution >= 4 is 17.8 Å². The maximum absolute atomic E-state index is 12.8. The number of urea groups is 1. The lowest BCUT2D eigenvalue weighted by atomic mass is 10.1. The third-order valence-electron chi connectivity index (χ3n) is 7.79. The number of carbonyl (C=O) groups is 2. The second-order valence-corrected chi connectivity index (χ2v) is 11.4. The molecule has 6 N–H and O–H groups in total. The molecule has 3 aliphatic rings. The van der Waals surface area contributed by atoms with Crippen LogP contribution in [0.3, 0.4) is 0 Å². The first-order valence-corrected chi connectivity index (χ1v) is 13.4. The predicted octanol–water partition coefficient (Wildman–Crippen LogP) is 0.583. The number of nitrogens with one attached hydrogen (secondary N) is 2. The van der Waals surface area contributed by atoms with E-state index < -0.39 is 11.2 Å². The molecule has 11 nitrogen and oxygen atoms in total. The molecule has 11 heteroatoms. The molecule has 2 fully saturated rings. The molecule has 1 unspecified atom stereocenters. The van der Waals surface area contributed by atoms with Gasteiger partial charge in [-0.1, -0.05) is 6.07 Å². The number of fused-ring (bicyclic) bond motifs is 1. The predicted molar refractivity (Wildman–Crippen MR) is 145 cm³/mol. The van der Waals surface area contributed by atoms with Crippen LogP contribution in [-0.4, -0.2) is 81.1 Å². The number of hydrogen-bond acceptors (Lipinski definition) is 7. The third-order valence-corrected chi connectivity index (χ3v) is 7.79. The molecule has 2 heterocycles. The molecule has 5 rings (SSSR count). The van der Waals surface area contributed by atoms with Gasteiger partial charge in [-0.2, -0.15) is 4.98 Å². The molecule has 1 saturated carbocycles. The van der Waals surface area contributed by atoms with E-state index in [9.17, 15) is 14.4 Å². The molecular weight excluding hydrogens is 484 g/mol. The summed E-state index contributed by atoms with van der Waals surface area (Å²) in [6, 6.07) is 8.54. The van der Waals surface area contributed by atoms with Crippen LogP contribution >= 0.6 is 0 Å². The van der Waals surface area contributed by atoms with Crippen LogP contribution in [0.4, 0.5) is 10.6 Å². The quantitative estimate of drug-likeness (QED) is 0.448. The van der Waals surface area contributed by atoms with E-state index in [0.717, 1.165) is 37.8 Å². The fourth-order valence-corrected chi connectivity index (χ4v) is 5.75. The van der Waals surface area contributed by atoms with E-state index in [1.54, 1.807) is 35.9 Å². The highest BCUT2D eigenvalue weighted by atomic mass is 16.2. The molecule has 1 aliphatic heterocycles. The molecule has 3 atom stereocenters. The van der Waals surface area contributed by atoms with Crippen LogP contribution in [0.1, 0.15) is 44.2 Å². The standard InChI is InChI=1S/C27H38N8O3/c1-27(2,29)24(36)33-9-11-34(12-10-33)25(37)31-23-7-8-35(26(38)32-23)22-6-3-17-13-21(14-18(17)15-22)30-20-5-4-19(28)16-20/h3,6-8,15,19-21,30H,4-5,9-14,16,28-29H2,1-2H3,(H,31,32,37,38)/t19-,20-,21?/m0/s1. The number of hydrogen-bond donors (Lipinski definition) is 4. The van der Waals surface area contributed by atoms with Gasteiger partial charge in [0.1, 0.15) is 5.82 Å². The summed E-state index contributed by atoms with van der Waals surface area (Å²) in [4.78, 5) is 45.3. The summed E-state index contributed by atoms with van der Waals surface area (Å²) < 4.78 is 1.49. The molecule has 0 bridgehead atoms. The van der Waals surface area contributed by atoms with Gasteiger partial charge in [0.2, 0.25) is 5.91 Å². The van der Waals surface area contributed by atoms with Gasteiger partial charge in [-0.25, -0.2) is 9.59 Å². The maximum Gasteiger partial charge on any atom is 0.354 e. The van der Waals surface area contributed by atoms with Gasteiger partial charge in [0, 0.05) is 50.5 Å². The highest BCUT2D eigenvalue weighted by Gasteiger charge is 2.31. The van der Waals surface area contributed by atoms with E-state index in [-0.39, 0.29) is 17.8 Å². The van der Waals surface area contributed by atoms with Gasteiger partial charge in [0.25, 0.3) is 0 Å². The Bertz CT molecular complexity index is 1260. The number of carbonyl (C=O) groups excluding carboxylic acids is 2. The molecule has 3 amide bonds. The maximum atomic E-state index is 12.8. The second-order valence-electron chi connectivity index (χ2n) is 11.4. The summed E-state index contributed by atoms with van der Waals surface area (Å²) >= 11 is 0. The van der Waals surface area contributed by atoms with E-state index in [1.807, 2.05) is 6.07 Å². The van der Waals surface area contributed by atoms with Crippen molar-refractivity contribution in [2.24, 2.45) is 11.5 Å². The summed E-state index contributed by atoms with van der Waals surface area (Å²) in [5, 5.41) is 6.47. The fourth-order valence-electron chi connectivity index (χ4n) is 5.75. The number of nitrogens with zero attached hydrogens (tertiary/aromatic N) is 4. The van der Waals surface area contributed by atoms with Gasteiger partial charge in [-0.15, -0.1) is 0 Å². The number of anilines is 1. The van der Waals surface area contributed by atoms with E-state index in [4.69, 9.17) is 11.5 Å². The average Bonchev–Trinajstić information content (AvgIpc) is 3.47. The number of nitrogens with two attached hydrogens (primary N) is 2. The Labute approximate surface area is 222 Å². The monoisotopic (exact) mass is 522 g/mol. The number of benzene rings is 1. The molecule has 2 aromatic rings. The molecule has 1 aromatic carbocycles. The van der Waals surface area contributed by atoms with E-state index >= 15 is 0 Å². The molecule has 0 spiro atoms. The summed E-state index contributed by atoms with van der Waals surface area (Å²) in [5.41, 5.74) is 13.9. The Morgan fingerprint density at radius 1 is 1.00 bits per heavy atom. The first-order valence-electron chi connectivity index (χ1n) is 13.4. The molecular formula is C27H38N8O3. The zero-order valence-corrected chi connectivity index (χ0v) is 22.2. The third kappa shape index (κ3) is 5.74. The van der Waals surface area contributed by atoms with Crippen LogP contribution in [0.2, 0.25) is 0 Å². The Kier molecular flexibility index (Phi) is 7.26. The van der Waals surface area contributed by atoms with Crippen molar-refractivity contribution in [3.8, 4) is 5.69 Å². The zero-order chi connectivity index (χ0) is 27.0. The van der Waals surface area contributed by atoms with Crippen molar-refractivity contribution in [2.75, 3.05) is 31.5 Å². The summed E-state index contributed by atoms with van der Waals surface area (Å²) in [7, 11) is 0. The minimum absolute atomic E-state index is 0.139. The minimum atomic E-state index is -0.945. The largest absolute Gasteiger partial charge is 0.354 e. The number of rotatable bonds is 5. The highest BCUT2D eigenvalue weighted by Crippen LogP contribution is 2.27. The fraction of sp³-hybridized carbons (Fsp3) is 0.556. The average molecular weight is 523 g/mol. The summed E-state index contributed by atoms with van der Waals surface area (Å²) in [5.74, 6) is 0.0535. The van der Waals surface area contributed by atoms with Gasteiger partial charge in [-0.3, -0.25) is 14.7 Å². The lowest BCUT2D eigenvalue weighted by Gasteiger charge is -2.37. The zero-order valence-electron chi connectivity index (χ0n) is 22.2. The van der Waals surface area contributed by atoms with Crippen molar-refractivity contribution in [3.05, 3.63) is 52.1 Å². The Morgan fingerprint density at radius 3 is 2.37 bits per heavy atom. The lowest BCUT2D eigenvalue weighted by Crippen LogP contribution is -2.58. The second kappa shape index (κ2) is 10.5. The summed E-state index contributed by atoms with van der Waals surface area (Å²) in [6.45, 7) is 4.92. The van der Waals surface area contributed by atoms with Crippen molar-refractivity contribution < 1.29 is 9.59 Å². The van der Waals surface area contributed by atoms with Gasteiger partial charge in [0.05, 0.1) is 11.2 Å². The molecule has 38 heavy (non-hydrogen) atoms. The van der Waals surface area contributed by atoms with E-state index in [0.29, 0.717) is 44.3 Å². The molecule has 2 aliphatic carbocycles.